The number of benzene rings is 1. The SMILES string of the molecule is CCCCNC(=O)c1nc2ccccc2n1NC(=O)OC. The molecule has 1 heterocycles. The lowest BCUT2D eigenvalue weighted by molar-refractivity contribution is 0.0940. The molecule has 2 N–H and O–H groups in total. The van der Waals surface area contributed by atoms with Crippen molar-refractivity contribution in [2.45, 2.75) is 19.8 Å². The third kappa shape index (κ3) is 3.31. The second-order valence-electron chi connectivity index (χ2n) is 4.47. The Morgan fingerprint density at radius 2 is 2.10 bits per heavy atom. The van der Waals surface area contributed by atoms with Crippen LogP contribution in [-0.2, 0) is 4.74 Å². The zero-order chi connectivity index (χ0) is 15.2. The summed E-state index contributed by atoms with van der Waals surface area (Å²) >= 11 is 0. The number of aromatic nitrogens is 2. The normalized spacial score (nSPS) is 10.4. The second kappa shape index (κ2) is 6.74. The van der Waals surface area contributed by atoms with Crippen LogP contribution in [-0.4, -0.2) is 35.3 Å². The summed E-state index contributed by atoms with van der Waals surface area (Å²) in [6.45, 7) is 2.61. The first-order chi connectivity index (χ1) is 10.2. The Labute approximate surface area is 122 Å². The molecule has 2 aromatic rings. The minimum absolute atomic E-state index is 0.123. The highest BCUT2D eigenvalue weighted by Crippen LogP contribution is 2.14. The van der Waals surface area contributed by atoms with Crippen molar-refractivity contribution in [2.24, 2.45) is 0 Å². The Morgan fingerprint density at radius 1 is 1.33 bits per heavy atom. The van der Waals surface area contributed by atoms with Crippen LogP contribution >= 0.6 is 0 Å². The first-order valence-corrected chi connectivity index (χ1v) is 6.78. The molecule has 0 aliphatic rings. The topological polar surface area (TPSA) is 85.3 Å². The minimum atomic E-state index is -0.666. The van der Waals surface area contributed by atoms with E-state index >= 15 is 0 Å². The molecule has 112 valence electrons. The Bertz CT molecular complexity index is 651. The molecule has 0 aliphatic heterocycles. The summed E-state index contributed by atoms with van der Waals surface area (Å²) in [5, 5.41) is 2.78. The van der Waals surface area contributed by atoms with Crippen LogP contribution in [0.4, 0.5) is 4.79 Å². The van der Waals surface area contributed by atoms with E-state index in [4.69, 9.17) is 0 Å². The molecule has 7 heteroatoms. The molecule has 0 atom stereocenters. The van der Waals surface area contributed by atoms with Crippen LogP contribution in [0.3, 0.4) is 0 Å². The Morgan fingerprint density at radius 3 is 2.81 bits per heavy atom. The van der Waals surface area contributed by atoms with Crippen LogP contribution in [0.5, 0.6) is 0 Å². The van der Waals surface area contributed by atoms with Gasteiger partial charge in [0.2, 0.25) is 5.82 Å². The first kappa shape index (κ1) is 14.8. The van der Waals surface area contributed by atoms with Gasteiger partial charge in [-0.2, -0.15) is 0 Å². The van der Waals surface area contributed by atoms with Gasteiger partial charge in [-0.05, 0) is 18.6 Å². The number of imidazole rings is 1. The summed E-state index contributed by atoms with van der Waals surface area (Å²) in [6, 6.07) is 7.16. The first-order valence-electron chi connectivity index (χ1n) is 6.78. The van der Waals surface area contributed by atoms with Gasteiger partial charge in [0.1, 0.15) is 0 Å². The fourth-order valence-electron chi connectivity index (χ4n) is 1.89. The molecule has 0 spiro atoms. The van der Waals surface area contributed by atoms with E-state index in [0.29, 0.717) is 17.6 Å². The Balaban J connectivity index is 2.34. The second-order valence-corrected chi connectivity index (χ2v) is 4.47. The van der Waals surface area contributed by atoms with Crippen molar-refractivity contribution >= 4 is 23.0 Å². The number of rotatable bonds is 5. The smallest absolute Gasteiger partial charge is 0.426 e. The van der Waals surface area contributed by atoms with Gasteiger partial charge in [0.25, 0.3) is 5.91 Å². The third-order valence-corrected chi connectivity index (χ3v) is 2.97. The summed E-state index contributed by atoms with van der Waals surface area (Å²) in [5.41, 5.74) is 3.73. The van der Waals surface area contributed by atoms with Gasteiger partial charge in [-0.15, -0.1) is 0 Å². The maximum absolute atomic E-state index is 12.2. The van der Waals surface area contributed by atoms with Crippen molar-refractivity contribution in [3.8, 4) is 0 Å². The summed E-state index contributed by atoms with van der Waals surface area (Å²) in [5.74, 6) is -0.214. The highest BCUT2D eigenvalue weighted by molar-refractivity contribution is 5.96. The van der Waals surface area contributed by atoms with Crippen molar-refractivity contribution < 1.29 is 14.3 Å². The van der Waals surface area contributed by atoms with E-state index in [2.05, 4.69) is 20.5 Å². The number of ether oxygens (including phenoxy) is 1. The van der Waals surface area contributed by atoms with Crippen LogP contribution in [0.1, 0.15) is 30.4 Å². The molecule has 0 aliphatic carbocycles. The molecule has 7 nitrogen and oxygen atoms in total. The lowest BCUT2D eigenvalue weighted by Gasteiger charge is -2.09. The van der Waals surface area contributed by atoms with Crippen LogP contribution < -0.4 is 10.7 Å². The van der Waals surface area contributed by atoms with Crippen LogP contribution in [0.15, 0.2) is 24.3 Å². The number of hydrogen-bond acceptors (Lipinski definition) is 4. The van der Waals surface area contributed by atoms with Gasteiger partial charge in [0.15, 0.2) is 0 Å². The average molecular weight is 290 g/mol. The van der Waals surface area contributed by atoms with E-state index in [-0.39, 0.29) is 11.7 Å². The van der Waals surface area contributed by atoms with E-state index in [1.807, 2.05) is 13.0 Å². The molecule has 0 saturated heterocycles. The largest absolute Gasteiger partial charge is 0.452 e. The highest BCUT2D eigenvalue weighted by Gasteiger charge is 2.18. The maximum Gasteiger partial charge on any atom is 0.426 e. The van der Waals surface area contributed by atoms with E-state index < -0.39 is 6.09 Å². The molecular weight excluding hydrogens is 272 g/mol. The molecule has 0 unspecified atom stereocenters. The van der Waals surface area contributed by atoms with Gasteiger partial charge in [-0.3, -0.25) is 4.79 Å². The summed E-state index contributed by atoms with van der Waals surface area (Å²) < 4.78 is 5.91. The number of para-hydroxylation sites is 2. The minimum Gasteiger partial charge on any atom is -0.452 e. The maximum atomic E-state index is 12.2. The van der Waals surface area contributed by atoms with Gasteiger partial charge in [-0.1, -0.05) is 25.5 Å². The van der Waals surface area contributed by atoms with Gasteiger partial charge in [0, 0.05) is 6.54 Å². The van der Waals surface area contributed by atoms with Crippen molar-refractivity contribution in [3.63, 3.8) is 0 Å². The van der Waals surface area contributed by atoms with Crippen LogP contribution in [0, 0.1) is 0 Å². The molecule has 1 aromatic heterocycles. The van der Waals surface area contributed by atoms with Crippen molar-refractivity contribution in [2.75, 3.05) is 19.1 Å². The Hall–Kier alpha value is -2.57. The molecule has 21 heavy (non-hydrogen) atoms. The quantitative estimate of drug-likeness (QED) is 0.823. The summed E-state index contributed by atoms with van der Waals surface area (Å²) in [7, 11) is 1.26. The summed E-state index contributed by atoms with van der Waals surface area (Å²) in [6.07, 6.45) is 1.20. The zero-order valence-electron chi connectivity index (χ0n) is 12.0. The lowest BCUT2D eigenvalue weighted by atomic mass is 10.3. The van der Waals surface area contributed by atoms with Gasteiger partial charge in [-0.25, -0.2) is 19.9 Å². The molecule has 0 fully saturated rings. The number of amides is 2. The number of carbonyl (C=O) groups is 2. The lowest BCUT2D eigenvalue weighted by Crippen LogP contribution is -2.32. The number of hydrogen-bond donors (Lipinski definition) is 2. The third-order valence-electron chi connectivity index (χ3n) is 2.97. The summed E-state index contributed by atoms with van der Waals surface area (Å²) in [4.78, 5) is 27.9. The van der Waals surface area contributed by atoms with Crippen molar-refractivity contribution in [1.29, 1.82) is 0 Å². The molecule has 1 aromatic carbocycles. The molecule has 2 rings (SSSR count). The van der Waals surface area contributed by atoms with E-state index in [1.165, 1.54) is 11.8 Å². The Kier molecular flexibility index (Phi) is 4.76. The molecule has 0 bridgehead atoms. The number of unbranched alkanes of at least 4 members (excludes halogenated alkanes) is 1. The number of carbonyl (C=O) groups excluding carboxylic acids is 2. The standard InChI is InChI=1S/C14H18N4O3/c1-3-4-9-15-13(19)12-16-10-7-5-6-8-11(10)18(12)17-14(20)21-2/h5-8H,3-4,9H2,1-2H3,(H,15,19)(H,17,20). The van der Waals surface area contributed by atoms with E-state index in [9.17, 15) is 9.59 Å². The van der Waals surface area contributed by atoms with Crippen molar-refractivity contribution in [3.05, 3.63) is 30.1 Å². The highest BCUT2D eigenvalue weighted by atomic mass is 16.5. The molecule has 0 saturated carbocycles. The number of methoxy groups -OCH3 is 1. The fourth-order valence-corrected chi connectivity index (χ4v) is 1.89. The predicted molar refractivity (Wildman–Crippen MR) is 78.7 cm³/mol. The van der Waals surface area contributed by atoms with Gasteiger partial charge < -0.3 is 10.1 Å². The number of fused-ring (bicyclic) bond motifs is 1. The molecule has 2 amide bonds. The van der Waals surface area contributed by atoms with Gasteiger partial charge in [0.05, 0.1) is 18.1 Å². The average Bonchev–Trinajstić information content (AvgIpc) is 2.86. The van der Waals surface area contributed by atoms with Crippen LogP contribution in [0.25, 0.3) is 11.0 Å². The molecule has 0 radical (unpaired) electrons. The molecular formula is C14H18N4O3. The number of nitrogens with zero attached hydrogens (tertiary/aromatic N) is 2. The predicted octanol–water partition coefficient (Wildman–Crippen LogP) is 1.88. The number of nitrogens with one attached hydrogen (secondary N) is 2. The zero-order valence-corrected chi connectivity index (χ0v) is 12.0. The fraction of sp³-hybridized carbons (Fsp3) is 0.357. The van der Waals surface area contributed by atoms with Crippen LogP contribution in [0.2, 0.25) is 0 Å². The van der Waals surface area contributed by atoms with E-state index in [1.54, 1.807) is 18.2 Å². The van der Waals surface area contributed by atoms with Gasteiger partial charge >= 0.3 is 6.09 Å². The van der Waals surface area contributed by atoms with E-state index in [0.717, 1.165) is 12.8 Å². The van der Waals surface area contributed by atoms with Crippen molar-refractivity contribution in [1.82, 2.24) is 15.0 Å². The monoisotopic (exact) mass is 290 g/mol.